The van der Waals surface area contributed by atoms with Crippen molar-refractivity contribution < 1.29 is 4.39 Å². The van der Waals surface area contributed by atoms with Gasteiger partial charge in [0.25, 0.3) is 0 Å². The molecule has 0 spiro atoms. The maximum absolute atomic E-state index is 13.7. The molecule has 82 valence electrons. The molecule has 2 N–H and O–H groups in total. The molecular formula is C11H9ClFN3. The standard InChI is InChI=1S/C11H9ClFN3/c12-9-3-1-2-8(10(9)13)11(14)7-4-15-6-16-5-7/h1-6,11H,14H2. The number of hydrogen-bond acceptors (Lipinski definition) is 3. The molecule has 1 aromatic heterocycles. The predicted molar refractivity (Wildman–Crippen MR) is 59.5 cm³/mol. The number of nitrogens with two attached hydrogens (primary N) is 1. The van der Waals surface area contributed by atoms with Crippen LogP contribution in [0.5, 0.6) is 0 Å². The quantitative estimate of drug-likeness (QED) is 0.872. The molecule has 0 bridgehead atoms. The van der Waals surface area contributed by atoms with Gasteiger partial charge in [-0.2, -0.15) is 0 Å². The van der Waals surface area contributed by atoms with Gasteiger partial charge in [-0.15, -0.1) is 0 Å². The summed E-state index contributed by atoms with van der Waals surface area (Å²) < 4.78 is 13.7. The molecule has 0 amide bonds. The highest BCUT2D eigenvalue weighted by Crippen LogP contribution is 2.25. The van der Waals surface area contributed by atoms with Gasteiger partial charge in [0, 0.05) is 23.5 Å². The molecule has 2 aromatic rings. The van der Waals surface area contributed by atoms with E-state index in [1.54, 1.807) is 24.5 Å². The van der Waals surface area contributed by atoms with Crippen molar-refractivity contribution in [2.45, 2.75) is 6.04 Å². The van der Waals surface area contributed by atoms with Crippen LogP contribution >= 0.6 is 11.6 Å². The number of rotatable bonds is 2. The molecule has 0 saturated heterocycles. The van der Waals surface area contributed by atoms with Crippen molar-refractivity contribution in [2.75, 3.05) is 0 Å². The van der Waals surface area contributed by atoms with Crippen molar-refractivity contribution >= 4 is 11.6 Å². The summed E-state index contributed by atoms with van der Waals surface area (Å²) in [4.78, 5) is 7.67. The third-order valence-electron chi connectivity index (χ3n) is 2.26. The Kier molecular flexibility index (Phi) is 3.12. The van der Waals surface area contributed by atoms with Gasteiger partial charge in [0.2, 0.25) is 0 Å². The summed E-state index contributed by atoms with van der Waals surface area (Å²) in [6, 6.07) is 4.12. The second kappa shape index (κ2) is 4.55. The molecule has 1 heterocycles. The van der Waals surface area contributed by atoms with Gasteiger partial charge in [0.1, 0.15) is 12.1 Å². The predicted octanol–water partition coefficient (Wildman–Crippen LogP) is 2.32. The maximum Gasteiger partial charge on any atom is 0.146 e. The number of halogens is 2. The third kappa shape index (κ3) is 2.03. The summed E-state index contributed by atoms with van der Waals surface area (Å²) in [5.41, 5.74) is 6.89. The van der Waals surface area contributed by atoms with Crippen LogP contribution in [0.2, 0.25) is 5.02 Å². The summed E-state index contributed by atoms with van der Waals surface area (Å²) in [5, 5.41) is 0.0600. The average molecular weight is 238 g/mol. The first kappa shape index (κ1) is 11.0. The van der Waals surface area contributed by atoms with E-state index >= 15 is 0 Å². The Balaban J connectivity index is 2.42. The molecule has 0 aliphatic rings. The van der Waals surface area contributed by atoms with Crippen LogP contribution in [-0.4, -0.2) is 9.97 Å². The lowest BCUT2D eigenvalue weighted by atomic mass is 10.0. The van der Waals surface area contributed by atoms with E-state index in [1.807, 2.05) is 0 Å². The first-order valence-electron chi connectivity index (χ1n) is 4.64. The zero-order valence-electron chi connectivity index (χ0n) is 8.27. The lowest BCUT2D eigenvalue weighted by molar-refractivity contribution is 0.599. The number of aromatic nitrogens is 2. The fourth-order valence-electron chi connectivity index (χ4n) is 1.41. The van der Waals surface area contributed by atoms with Gasteiger partial charge >= 0.3 is 0 Å². The van der Waals surface area contributed by atoms with E-state index in [0.29, 0.717) is 11.1 Å². The van der Waals surface area contributed by atoms with Crippen LogP contribution in [0.15, 0.2) is 36.9 Å². The van der Waals surface area contributed by atoms with Gasteiger partial charge in [0.05, 0.1) is 11.1 Å². The first-order chi connectivity index (χ1) is 7.70. The molecule has 0 aliphatic carbocycles. The molecule has 16 heavy (non-hydrogen) atoms. The van der Waals surface area contributed by atoms with Gasteiger partial charge in [0.15, 0.2) is 0 Å². The number of hydrogen-bond donors (Lipinski definition) is 1. The van der Waals surface area contributed by atoms with E-state index in [1.165, 1.54) is 12.4 Å². The van der Waals surface area contributed by atoms with Crippen molar-refractivity contribution in [3.05, 3.63) is 58.9 Å². The summed E-state index contributed by atoms with van der Waals surface area (Å²) in [5.74, 6) is -0.500. The molecule has 0 radical (unpaired) electrons. The molecule has 3 nitrogen and oxygen atoms in total. The summed E-state index contributed by atoms with van der Waals surface area (Å²) >= 11 is 5.68. The van der Waals surface area contributed by atoms with Gasteiger partial charge in [-0.1, -0.05) is 23.7 Å². The average Bonchev–Trinajstić information content (AvgIpc) is 2.33. The van der Waals surface area contributed by atoms with Crippen LogP contribution < -0.4 is 5.73 Å². The van der Waals surface area contributed by atoms with E-state index in [-0.39, 0.29) is 5.02 Å². The topological polar surface area (TPSA) is 51.8 Å². The molecular weight excluding hydrogens is 229 g/mol. The second-order valence-electron chi connectivity index (χ2n) is 3.29. The van der Waals surface area contributed by atoms with Crippen molar-refractivity contribution in [3.8, 4) is 0 Å². The van der Waals surface area contributed by atoms with Crippen molar-refractivity contribution in [2.24, 2.45) is 5.73 Å². The number of nitrogens with zero attached hydrogens (tertiary/aromatic N) is 2. The van der Waals surface area contributed by atoms with E-state index in [4.69, 9.17) is 17.3 Å². The fourth-order valence-corrected chi connectivity index (χ4v) is 1.59. The van der Waals surface area contributed by atoms with Gasteiger partial charge in [-0.05, 0) is 6.07 Å². The molecule has 1 atom stereocenters. The van der Waals surface area contributed by atoms with Crippen LogP contribution in [0.4, 0.5) is 4.39 Å². The van der Waals surface area contributed by atoms with Crippen molar-refractivity contribution in [3.63, 3.8) is 0 Å². The highest BCUT2D eigenvalue weighted by molar-refractivity contribution is 6.30. The normalized spacial score (nSPS) is 12.4. The SMILES string of the molecule is NC(c1cncnc1)c1cccc(Cl)c1F. The second-order valence-corrected chi connectivity index (χ2v) is 3.70. The smallest absolute Gasteiger partial charge is 0.146 e. The van der Waals surface area contributed by atoms with Gasteiger partial charge < -0.3 is 5.73 Å². The van der Waals surface area contributed by atoms with Gasteiger partial charge in [-0.25, -0.2) is 14.4 Å². The van der Waals surface area contributed by atoms with Crippen LogP contribution in [0.1, 0.15) is 17.2 Å². The minimum absolute atomic E-state index is 0.0600. The highest BCUT2D eigenvalue weighted by atomic mass is 35.5. The van der Waals surface area contributed by atoms with E-state index < -0.39 is 11.9 Å². The van der Waals surface area contributed by atoms with Crippen LogP contribution in [0, 0.1) is 5.82 Å². The lowest BCUT2D eigenvalue weighted by Gasteiger charge is -2.12. The zero-order valence-corrected chi connectivity index (χ0v) is 9.03. The van der Waals surface area contributed by atoms with Crippen molar-refractivity contribution in [1.82, 2.24) is 9.97 Å². The minimum atomic E-state index is -0.611. The molecule has 1 aromatic carbocycles. The first-order valence-corrected chi connectivity index (χ1v) is 5.02. The Morgan fingerprint density at radius 2 is 1.94 bits per heavy atom. The molecule has 1 unspecified atom stereocenters. The zero-order chi connectivity index (χ0) is 11.5. The Bertz CT molecular complexity index is 490. The minimum Gasteiger partial charge on any atom is -0.320 e. The molecule has 0 saturated carbocycles. The van der Waals surface area contributed by atoms with Crippen LogP contribution in [-0.2, 0) is 0 Å². The Morgan fingerprint density at radius 1 is 1.25 bits per heavy atom. The monoisotopic (exact) mass is 237 g/mol. The summed E-state index contributed by atoms with van der Waals surface area (Å²) in [6.45, 7) is 0. The Morgan fingerprint density at radius 3 is 2.62 bits per heavy atom. The van der Waals surface area contributed by atoms with Crippen molar-refractivity contribution in [1.29, 1.82) is 0 Å². The lowest BCUT2D eigenvalue weighted by Crippen LogP contribution is -2.14. The molecule has 5 heteroatoms. The molecule has 0 fully saturated rings. The largest absolute Gasteiger partial charge is 0.320 e. The fraction of sp³-hybridized carbons (Fsp3) is 0.0909. The molecule has 0 aliphatic heterocycles. The van der Waals surface area contributed by atoms with E-state index in [9.17, 15) is 4.39 Å². The van der Waals surface area contributed by atoms with E-state index in [0.717, 1.165) is 0 Å². The molecule has 2 rings (SSSR count). The van der Waals surface area contributed by atoms with Crippen LogP contribution in [0.3, 0.4) is 0 Å². The maximum atomic E-state index is 13.7. The van der Waals surface area contributed by atoms with E-state index in [2.05, 4.69) is 9.97 Å². The van der Waals surface area contributed by atoms with Crippen LogP contribution in [0.25, 0.3) is 0 Å². The third-order valence-corrected chi connectivity index (χ3v) is 2.55. The Hall–Kier alpha value is -1.52. The number of benzene rings is 1. The van der Waals surface area contributed by atoms with Gasteiger partial charge in [-0.3, -0.25) is 0 Å². The highest BCUT2D eigenvalue weighted by Gasteiger charge is 2.15. The summed E-state index contributed by atoms with van der Waals surface area (Å²) in [6.07, 6.45) is 4.50. The Labute approximate surface area is 97.1 Å². The summed E-state index contributed by atoms with van der Waals surface area (Å²) in [7, 11) is 0.